The molecule has 2 unspecified atom stereocenters. The van der Waals surface area contributed by atoms with Gasteiger partial charge in [0.2, 0.25) is 5.91 Å². The summed E-state index contributed by atoms with van der Waals surface area (Å²) >= 11 is 0. The van der Waals surface area contributed by atoms with Gasteiger partial charge in [-0.1, -0.05) is 6.42 Å². The molecule has 2 rings (SSSR count). The van der Waals surface area contributed by atoms with E-state index in [-0.39, 0.29) is 23.8 Å². The molecular weight excluding hydrogens is 294 g/mol. The quantitative estimate of drug-likeness (QED) is 0.887. The molecule has 1 aromatic rings. The minimum Gasteiger partial charge on any atom is -0.495 e. The number of rotatable bonds is 4. The Hall–Kier alpha value is -2.08. The van der Waals surface area contributed by atoms with E-state index in [0.29, 0.717) is 23.4 Å². The van der Waals surface area contributed by atoms with Crippen LogP contribution < -0.4 is 15.8 Å². The molecule has 1 aliphatic carbocycles. The van der Waals surface area contributed by atoms with Gasteiger partial charge in [-0.25, -0.2) is 0 Å². The molecule has 1 aliphatic rings. The average Bonchev–Trinajstić information content (AvgIpc) is 2.53. The average molecular weight is 319 g/mol. The van der Waals surface area contributed by atoms with Crippen molar-refractivity contribution < 1.29 is 14.3 Å². The normalized spacial score (nSPS) is 20.7. The van der Waals surface area contributed by atoms with Gasteiger partial charge < -0.3 is 20.7 Å². The van der Waals surface area contributed by atoms with Gasteiger partial charge >= 0.3 is 0 Å². The molecule has 1 saturated carbocycles. The van der Waals surface area contributed by atoms with E-state index in [0.717, 1.165) is 19.3 Å². The zero-order valence-corrected chi connectivity index (χ0v) is 14.0. The molecule has 3 N–H and O–H groups in total. The Morgan fingerprint density at radius 3 is 2.65 bits per heavy atom. The molecule has 1 fully saturated rings. The lowest BCUT2D eigenvalue weighted by Crippen LogP contribution is -2.34. The Kier molecular flexibility index (Phi) is 5.60. The van der Waals surface area contributed by atoms with E-state index in [1.807, 2.05) is 0 Å². The fraction of sp³-hybridized carbons (Fsp3) is 0.529. The largest absolute Gasteiger partial charge is 0.495 e. The van der Waals surface area contributed by atoms with Crippen LogP contribution in [0.1, 0.15) is 36.0 Å². The summed E-state index contributed by atoms with van der Waals surface area (Å²) in [5.74, 6) is 0.265. The standard InChI is InChI=1S/C17H25N3O3/c1-20(2)17(22)12-7-8-15(23-3)14(10-12)19-16(21)11-5-4-6-13(18)9-11/h7-8,10-11,13H,4-6,9,18H2,1-3H3,(H,19,21). The van der Waals surface area contributed by atoms with Crippen LogP contribution >= 0.6 is 0 Å². The van der Waals surface area contributed by atoms with Crippen molar-refractivity contribution in [3.63, 3.8) is 0 Å². The summed E-state index contributed by atoms with van der Waals surface area (Å²) in [5.41, 5.74) is 6.98. The Morgan fingerprint density at radius 2 is 2.04 bits per heavy atom. The minimum absolute atomic E-state index is 0.0621. The summed E-state index contributed by atoms with van der Waals surface area (Å²) in [6, 6.07) is 5.12. The van der Waals surface area contributed by atoms with Crippen molar-refractivity contribution in [1.82, 2.24) is 4.90 Å². The van der Waals surface area contributed by atoms with Gasteiger partial charge in [-0.3, -0.25) is 9.59 Å². The number of hydrogen-bond acceptors (Lipinski definition) is 4. The van der Waals surface area contributed by atoms with Gasteiger partial charge in [0.25, 0.3) is 5.91 Å². The van der Waals surface area contributed by atoms with Gasteiger partial charge in [0, 0.05) is 31.6 Å². The highest BCUT2D eigenvalue weighted by Crippen LogP contribution is 2.29. The lowest BCUT2D eigenvalue weighted by molar-refractivity contribution is -0.120. The Morgan fingerprint density at radius 1 is 1.30 bits per heavy atom. The highest BCUT2D eigenvalue weighted by atomic mass is 16.5. The first-order chi connectivity index (χ1) is 10.9. The van der Waals surface area contributed by atoms with Crippen LogP contribution in [0.2, 0.25) is 0 Å². The second-order valence-corrected chi connectivity index (χ2v) is 6.23. The van der Waals surface area contributed by atoms with Crippen LogP contribution in [0.4, 0.5) is 5.69 Å². The summed E-state index contributed by atoms with van der Waals surface area (Å²) < 4.78 is 5.29. The monoisotopic (exact) mass is 319 g/mol. The summed E-state index contributed by atoms with van der Waals surface area (Å²) in [6.07, 6.45) is 3.48. The summed E-state index contributed by atoms with van der Waals surface area (Å²) in [5, 5.41) is 2.90. The number of nitrogens with one attached hydrogen (secondary N) is 1. The molecule has 23 heavy (non-hydrogen) atoms. The van der Waals surface area contributed by atoms with E-state index in [1.54, 1.807) is 32.3 Å². The highest BCUT2D eigenvalue weighted by molar-refractivity contribution is 5.98. The first-order valence-electron chi connectivity index (χ1n) is 7.88. The molecular formula is C17H25N3O3. The molecule has 0 spiro atoms. The van der Waals surface area contributed by atoms with Crippen LogP contribution in [0.15, 0.2) is 18.2 Å². The third kappa shape index (κ3) is 4.22. The number of ether oxygens (including phenoxy) is 1. The van der Waals surface area contributed by atoms with Crippen LogP contribution in [0.25, 0.3) is 0 Å². The van der Waals surface area contributed by atoms with Gasteiger partial charge in [0.05, 0.1) is 12.8 Å². The molecule has 6 nitrogen and oxygen atoms in total. The maximum absolute atomic E-state index is 12.5. The maximum atomic E-state index is 12.5. The van der Waals surface area contributed by atoms with Crippen molar-refractivity contribution in [1.29, 1.82) is 0 Å². The first kappa shape index (κ1) is 17.3. The number of nitrogens with two attached hydrogens (primary N) is 1. The molecule has 2 atom stereocenters. The molecule has 0 bridgehead atoms. The van der Waals surface area contributed by atoms with E-state index >= 15 is 0 Å². The van der Waals surface area contributed by atoms with Crippen LogP contribution in [-0.2, 0) is 4.79 Å². The van der Waals surface area contributed by atoms with E-state index in [1.165, 1.54) is 12.0 Å². The Labute approximate surface area is 137 Å². The molecule has 6 heteroatoms. The SMILES string of the molecule is COc1ccc(C(=O)N(C)C)cc1NC(=O)C1CCCC(N)C1. The molecule has 0 heterocycles. The fourth-order valence-corrected chi connectivity index (χ4v) is 2.90. The van der Waals surface area contributed by atoms with Gasteiger partial charge in [0.15, 0.2) is 0 Å². The predicted molar refractivity (Wildman–Crippen MR) is 89.6 cm³/mol. The fourth-order valence-electron chi connectivity index (χ4n) is 2.90. The number of benzene rings is 1. The van der Waals surface area contributed by atoms with Crippen LogP contribution in [-0.4, -0.2) is 44.0 Å². The van der Waals surface area contributed by atoms with Gasteiger partial charge in [-0.2, -0.15) is 0 Å². The van der Waals surface area contributed by atoms with E-state index in [9.17, 15) is 9.59 Å². The lowest BCUT2D eigenvalue weighted by atomic mass is 9.85. The molecule has 0 aliphatic heterocycles. The number of nitrogens with zero attached hydrogens (tertiary/aromatic N) is 1. The van der Waals surface area contributed by atoms with Crippen LogP contribution in [0.3, 0.4) is 0 Å². The third-order valence-corrected chi connectivity index (χ3v) is 4.20. The van der Waals surface area contributed by atoms with Crippen molar-refractivity contribution >= 4 is 17.5 Å². The highest BCUT2D eigenvalue weighted by Gasteiger charge is 2.26. The molecule has 0 radical (unpaired) electrons. The summed E-state index contributed by atoms with van der Waals surface area (Å²) in [7, 11) is 4.91. The van der Waals surface area contributed by atoms with Crippen molar-refractivity contribution in [2.45, 2.75) is 31.7 Å². The van der Waals surface area contributed by atoms with Gasteiger partial charge in [-0.05, 0) is 37.5 Å². The lowest BCUT2D eigenvalue weighted by Gasteiger charge is -2.26. The smallest absolute Gasteiger partial charge is 0.253 e. The van der Waals surface area contributed by atoms with Crippen LogP contribution in [0.5, 0.6) is 5.75 Å². The van der Waals surface area contributed by atoms with E-state index in [4.69, 9.17) is 10.5 Å². The molecule has 0 aromatic heterocycles. The second-order valence-electron chi connectivity index (χ2n) is 6.23. The van der Waals surface area contributed by atoms with Crippen molar-refractivity contribution in [3.8, 4) is 5.75 Å². The van der Waals surface area contributed by atoms with E-state index < -0.39 is 0 Å². The topological polar surface area (TPSA) is 84.7 Å². The molecule has 2 amide bonds. The number of amides is 2. The van der Waals surface area contributed by atoms with Crippen molar-refractivity contribution in [2.75, 3.05) is 26.5 Å². The summed E-state index contributed by atoms with van der Waals surface area (Å²) in [6.45, 7) is 0. The number of carbonyl (C=O) groups excluding carboxylic acids is 2. The number of methoxy groups -OCH3 is 1. The predicted octanol–water partition coefficient (Wildman–Crippen LogP) is 1.85. The molecule has 0 saturated heterocycles. The van der Waals surface area contributed by atoms with Crippen molar-refractivity contribution in [3.05, 3.63) is 23.8 Å². The minimum atomic E-state index is -0.122. The Balaban J connectivity index is 2.18. The number of hydrogen-bond donors (Lipinski definition) is 2. The van der Waals surface area contributed by atoms with E-state index in [2.05, 4.69) is 5.32 Å². The zero-order valence-electron chi connectivity index (χ0n) is 14.0. The first-order valence-corrected chi connectivity index (χ1v) is 7.88. The van der Waals surface area contributed by atoms with Gasteiger partial charge in [0.1, 0.15) is 5.75 Å². The van der Waals surface area contributed by atoms with Crippen LogP contribution in [0, 0.1) is 5.92 Å². The number of anilines is 1. The zero-order chi connectivity index (χ0) is 17.0. The third-order valence-electron chi connectivity index (χ3n) is 4.20. The maximum Gasteiger partial charge on any atom is 0.253 e. The van der Waals surface area contributed by atoms with Gasteiger partial charge in [-0.15, -0.1) is 0 Å². The number of carbonyl (C=O) groups is 2. The van der Waals surface area contributed by atoms with Crippen molar-refractivity contribution in [2.24, 2.45) is 11.7 Å². The Bertz CT molecular complexity index is 586. The second kappa shape index (κ2) is 7.46. The summed E-state index contributed by atoms with van der Waals surface area (Å²) in [4.78, 5) is 26.1. The molecule has 126 valence electrons. The molecule has 1 aromatic carbocycles.